The average molecular weight is 398 g/mol. The normalized spacial score (nSPS) is 24.0. The number of carbonyl (C=O) groups is 3. The molecule has 2 fully saturated rings. The fourth-order valence-electron chi connectivity index (χ4n) is 3.97. The maximum Gasteiger partial charge on any atom is 0.326 e. The fraction of sp³-hybridized carbons (Fsp3) is 0.450. The molecule has 2 aromatic rings. The van der Waals surface area contributed by atoms with Crippen molar-refractivity contribution in [3.8, 4) is 11.4 Å². The van der Waals surface area contributed by atoms with E-state index in [1.54, 1.807) is 0 Å². The van der Waals surface area contributed by atoms with Crippen molar-refractivity contribution >= 4 is 17.9 Å². The third-order valence-electron chi connectivity index (χ3n) is 5.65. The number of ether oxygens (including phenoxy) is 1. The highest BCUT2D eigenvalue weighted by molar-refractivity contribution is 6.08. The fourth-order valence-corrected chi connectivity index (χ4v) is 3.97. The van der Waals surface area contributed by atoms with Crippen LogP contribution in [0.15, 0.2) is 34.9 Å². The molecule has 0 unspecified atom stereocenters. The Morgan fingerprint density at radius 2 is 2.10 bits per heavy atom. The van der Waals surface area contributed by atoms with Crippen LogP contribution in [0.1, 0.15) is 38.5 Å². The largest absolute Gasteiger partial charge is 0.454 e. The number of rotatable bonds is 5. The van der Waals surface area contributed by atoms with Crippen LogP contribution in [0.25, 0.3) is 11.4 Å². The smallest absolute Gasteiger partial charge is 0.326 e. The van der Waals surface area contributed by atoms with Crippen LogP contribution in [0, 0.1) is 5.92 Å². The molecule has 1 spiro atoms. The lowest BCUT2D eigenvalue weighted by molar-refractivity contribution is -0.150. The molecular weight excluding hydrogens is 376 g/mol. The number of nitrogens with one attached hydrogen (secondary N) is 1. The van der Waals surface area contributed by atoms with E-state index in [-0.39, 0.29) is 24.3 Å². The van der Waals surface area contributed by atoms with E-state index in [9.17, 15) is 14.4 Å². The Labute approximate surface area is 167 Å². The van der Waals surface area contributed by atoms with Crippen LogP contribution < -0.4 is 5.32 Å². The van der Waals surface area contributed by atoms with Crippen LogP contribution in [0.4, 0.5) is 4.79 Å². The summed E-state index contributed by atoms with van der Waals surface area (Å²) in [5.41, 5.74) is -0.118. The van der Waals surface area contributed by atoms with Crippen molar-refractivity contribution in [2.75, 3.05) is 6.54 Å². The third kappa shape index (κ3) is 3.59. The van der Waals surface area contributed by atoms with Crippen LogP contribution in [-0.2, 0) is 20.9 Å². The summed E-state index contributed by atoms with van der Waals surface area (Å²) >= 11 is 0. The molecule has 1 aromatic carbocycles. The monoisotopic (exact) mass is 398 g/mol. The summed E-state index contributed by atoms with van der Waals surface area (Å²) in [6.45, 7) is 1.28. The van der Waals surface area contributed by atoms with E-state index in [0.717, 1.165) is 29.7 Å². The summed E-state index contributed by atoms with van der Waals surface area (Å²) in [6, 6.07) is 8.69. The predicted octanol–water partition coefficient (Wildman–Crippen LogP) is 2.28. The van der Waals surface area contributed by atoms with Gasteiger partial charge in [0.25, 0.3) is 11.8 Å². The second-order valence-electron chi connectivity index (χ2n) is 7.48. The highest BCUT2D eigenvalue weighted by Crippen LogP contribution is 2.38. The minimum atomic E-state index is -0.896. The Morgan fingerprint density at radius 1 is 1.31 bits per heavy atom. The Kier molecular flexibility index (Phi) is 5.04. The van der Waals surface area contributed by atoms with Gasteiger partial charge in [-0.05, 0) is 18.8 Å². The van der Waals surface area contributed by atoms with E-state index in [1.807, 2.05) is 37.3 Å². The van der Waals surface area contributed by atoms with Gasteiger partial charge in [-0.2, -0.15) is 4.98 Å². The van der Waals surface area contributed by atoms with Crippen molar-refractivity contribution in [2.45, 2.75) is 44.8 Å². The second kappa shape index (κ2) is 7.65. The van der Waals surface area contributed by atoms with Crippen molar-refractivity contribution in [2.24, 2.45) is 5.92 Å². The molecule has 0 bridgehead atoms. The maximum absolute atomic E-state index is 12.9. The van der Waals surface area contributed by atoms with Gasteiger partial charge in [-0.3, -0.25) is 14.5 Å². The van der Waals surface area contributed by atoms with E-state index < -0.39 is 24.1 Å². The zero-order chi connectivity index (χ0) is 20.4. The van der Waals surface area contributed by atoms with Gasteiger partial charge in [-0.25, -0.2) is 4.79 Å². The van der Waals surface area contributed by atoms with Gasteiger partial charge in [0.1, 0.15) is 12.1 Å². The van der Waals surface area contributed by atoms with Crippen molar-refractivity contribution in [3.63, 3.8) is 0 Å². The molecule has 152 valence electrons. The van der Waals surface area contributed by atoms with Crippen LogP contribution in [0.2, 0.25) is 0 Å². The maximum atomic E-state index is 12.9. The standard InChI is InChI=1S/C20H22N4O5/c1-13-7-5-6-10-20(13)18(26)24(19(27)22-20)11-16(25)28-12-15-21-17(23-29-15)14-8-3-2-4-9-14/h2-4,8-9,13H,5-7,10-12H2,1H3,(H,22,27)/t13-,20+/m1/s1. The summed E-state index contributed by atoms with van der Waals surface area (Å²) in [5, 5.41) is 6.66. The Balaban J connectivity index is 1.35. The zero-order valence-electron chi connectivity index (χ0n) is 16.1. The van der Waals surface area contributed by atoms with Gasteiger partial charge in [0.2, 0.25) is 5.82 Å². The van der Waals surface area contributed by atoms with Crippen molar-refractivity contribution in [1.29, 1.82) is 0 Å². The minimum absolute atomic E-state index is 0.0310. The molecule has 2 heterocycles. The summed E-state index contributed by atoms with van der Waals surface area (Å²) < 4.78 is 10.2. The molecule has 9 heteroatoms. The van der Waals surface area contributed by atoms with Crippen LogP contribution in [0.5, 0.6) is 0 Å². The molecule has 1 saturated carbocycles. The molecule has 29 heavy (non-hydrogen) atoms. The summed E-state index contributed by atoms with van der Waals surface area (Å²) in [5.74, 6) is -0.515. The highest BCUT2D eigenvalue weighted by atomic mass is 16.6. The quantitative estimate of drug-likeness (QED) is 0.607. The first-order chi connectivity index (χ1) is 14.0. The lowest BCUT2D eigenvalue weighted by atomic mass is 9.73. The predicted molar refractivity (Wildman–Crippen MR) is 100 cm³/mol. The average Bonchev–Trinajstić information content (AvgIpc) is 3.29. The number of hydrogen-bond acceptors (Lipinski definition) is 7. The topological polar surface area (TPSA) is 115 Å². The second-order valence-corrected chi connectivity index (χ2v) is 7.48. The minimum Gasteiger partial charge on any atom is -0.454 e. The van der Waals surface area contributed by atoms with E-state index >= 15 is 0 Å². The summed E-state index contributed by atoms with van der Waals surface area (Å²) in [6.07, 6.45) is 3.36. The Hall–Kier alpha value is -3.23. The number of esters is 1. The first kappa shape index (κ1) is 19.1. The first-order valence-corrected chi connectivity index (χ1v) is 9.67. The van der Waals surface area contributed by atoms with Crippen molar-refractivity contribution < 1.29 is 23.6 Å². The lowest BCUT2D eigenvalue weighted by Crippen LogP contribution is -2.54. The Morgan fingerprint density at radius 3 is 2.86 bits per heavy atom. The van der Waals surface area contributed by atoms with E-state index in [2.05, 4.69) is 15.5 Å². The summed E-state index contributed by atoms with van der Waals surface area (Å²) in [4.78, 5) is 42.5. The van der Waals surface area contributed by atoms with Crippen molar-refractivity contribution in [1.82, 2.24) is 20.4 Å². The SMILES string of the molecule is C[C@@H]1CCCC[C@]12NC(=O)N(CC(=O)OCc1nc(-c3ccccc3)no1)C2=O. The van der Waals surface area contributed by atoms with Gasteiger partial charge >= 0.3 is 12.0 Å². The van der Waals surface area contributed by atoms with Crippen molar-refractivity contribution in [3.05, 3.63) is 36.2 Å². The molecule has 1 aromatic heterocycles. The number of hydrogen-bond donors (Lipinski definition) is 1. The third-order valence-corrected chi connectivity index (χ3v) is 5.65. The molecule has 0 radical (unpaired) electrons. The van der Waals surface area contributed by atoms with Crippen LogP contribution in [-0.4, -0.2) is 45.0 Å². The molecule has 1 aliphatic carbocycles. The molecular formula is C20H22N4O5. The molecule has 4 rings (SSSR count). The van der Waals surface area contributed by atoms with E-state index in [1.165, 1.54) is 0 Å². The van der Waals surface area contributed by atoms with Gasteiger partial charge in [0.05, 0.1) is 0 Å². The number of urea groups is 1. The van der Waals surface area contributed by atoms with Gasteiger partial charge in [0.15, 0.2) is 6.61 Å². The number of nitrogens with zero attached hydrogens (tertiary/aromatic N) is 3. The van der Waals surface area contributed by atoms with Gasteiger partial charge in [-0.1, -0.05) is 55.3 Å². The first-order valence-electron chi connectivity index (χ1n) is 9.67. The molecule has 1 saturated heterocycles. The lowest BCUT2D eigenvalue weighted by Gasteiger charge is -2.36. The zero-order valence-corrected chi connectivity index (χ0v) is 16.1. The number of aromatic nitrogens is 2. The van der Waals surface area contributed by atoms with Gasteiger partial charge in [0, 0.05) is 5.56 Å². The van der Waals surface area contributed by atoms with Crippen LogP contribution in [0.3, 0.4) is 0 Å². The van der Waals surface area contributed by atoms with E-state index in [4.69, 9.17) is 9.26 Å². The number of benzene rings is 1. The van der Waals surface area contributed by atoms with Gasteiger partial charge < -0.3 is 14.6 Å². The number of amides is 3. The molecule has 9 nitrogen and oxygen atoms in total. The molecule has 2 atom stereocenters. The molecule has 2 aliphatic rings. The molecule has 1 N–H and O–H groups in total. The van der Waals surface area contributed by atoms with E-state index in [0.29, 0.717) is 12.2 Å². The Bertz CT molecular complexity index is 928. The number of imide groups is 1. The molecule has 3 amide bonds. The summed E-state index contributed by atoms with van der Waals surface area (Å²) in [7, 11) is 0. The molecule has 1 aliphatic heterocycles. The number of carbonyl (C=O) groups excluding carboxylic acids is 3. The van der Waals surface area contributed by atoms with Gasteiger partial charge in [-0.15, -0.1) is 0 Å². The highest BCUT2D eigenvalue weighted by Gasteiger charge is 2.55. The van der Waals surface area contributed by atoms with Crippen LogP contribution >= 0.6 is 0 Å².